The first-order valence-electron chi connectivity index (χ1n) is 10.1. The van der Waals surface area contributed by atoms with Crippen molar-refractivity contribution in [3.63, 3.8) is 0 Å². The van der Waals surface area contributed by atoms with Gasteiger partial charge in [-0.25, -0.2) is 4.79 Å². The molecule has 30 heavy (non-hydrogen) atoms. The number of amides is 1. The van der Waals surface area contributed by atoms with Crippen LogP contribution in [0.4, 0.5) is 0 Å². The molecule has 0 fully saturated rings. The minimum absolute atomic E-state index is 0.0840. The molecular formula is C23H29NO6. The van der Waals surface area contributed by atoms with Crippen LogP contribution in [0.15, 0.2) is 48.5 Å². The summed E-state index contributed by atoms with van der Waals surface area (Å²) in [6.07, 6.45) is 0.121. The molecule has 162 valence electrons. The predicted octanol–water partition coefficient (Wildman–Crippen LogP) is 2.86. The van der Waals surface area contributed by atoms with Crippen molar-refractivity contribution >= 4 is 11.9 Å². The highest BCUT2D eigenvalue weighted by molar-refractivity contribution is 5.77. The van der Waals surface area contributed by atoms with Crippen molar-refractivity contribution in [1.29, 1.82) is 0 Å². The maximum absolute atomic E-state index is 12.0. The van der Waals surface area contributed by atoms with Gasteiger partial charge in [-0.05, 0) is 55.7 Å². The molecule has 1 amide bonds. The van der Waals surface area contributed by atoms with Gasteiger partial charge in [0.25, 0.3) is 5.91 Å². The lowest BCUT2D eigenvalue weighted by atomic mass is 10.1. The van der Waals surface area contributed by atoms with Crippen LogP contribution in [0.3, 0.4) is 0 Å². The zero-order chi connectivity index (χ0) is 21.8. The summed E-state index contributed by atoms with van der Waals surface area (Å²) in [5.74, 6) is 0.191. The molecule has 7 heteroatoms. The average molecular weight is 415 g/mol. The maximum Gasteiger partial charge on any atom is 0.333 e. The second kappa shape index (κ2) is 12.5. The topological polar surface area (TPSA) is 94.1 Å². The lowest BCUT2D eigenvalue weighted by molar-refractivity contribution is -0.150. The van der Waals surface area contributed by atoms with Gasteiger partial charge in [0, 0.05) is 19.6 Å². The minimum Gasteiger partial charge on any atom is -0.494 e. The fourth-order valence-corrected chi connectivity index (χ4v) is 2.82. The van der Waals surface area contributed by atoms with E-state index in [0.717, 1.165) is 23.3 Å². The third kappa shape index (κ3) is 8.13. The summed E-state index contributed by atoms with van der Waals surface area (Å²) in [7, 11) is 0. The van der Waals surface area contributed by atoms with Crippen LogP contribution in [-0.4, -0.2) is 49.5 Å². The molecule has 0 heterocycles. The normalized spacial score (nSPS) is 11.5. The van der Waals surface area contributed by atoms with Gasteiger partial charge in [-0.15, -0.1) is 0 Å². The molecule has 0 radical (unpaired) electrons. The summed E-state index contributed by atoms with van der Waals surface area (Å²) in [6, 6.07) is 14.8. The third-order valence-electron chi connectivity index (χ3n) is 4.33. The Balaban J connectivity index is 1.70. The van der Waals surface area contributed by atoms with Gasteiger partial charge in [0.15, 0.2) is 12.7 Å². The van der Waals surface area contributed by atoms with Crippen molar-refractivity contribution in [2.24, 2.45) is 0 Å². The largest absolute Gasteiger partial charge is 0.494 e. The number of ether oxygens (including phenoxy) is 3. The molecule has 0 aliphatic rings. The van der Waals surface area contributed by atoms with Crippen molar-refractivity contribution in [1.82, 2.24) is 5.32 Å². The molecule has 0 bridgehead atoms. The molecule has 0 aliphatic heterocycles. The quantitative estimate of drug-likeness (QED) is 0.523. The van der Waals surface area contributed by atoms with E-state index < -0.39 is 12.1 Å². The molecule has 0 aromatic heterocycles. The van der Waals surface area contributed by atoms with Crippen LogP contribution in [0.25, 0.3) is 0 Å². The number of hydrogen-bond donors (Lipinski definition) is 2. The van der Waals surface area contributed by atoms with Crippen LogP contribution < -0.4 is 14.8 Å². The summed E-state index contributed by atoms with van der Waals surface area (Å²) in [5.41, 5.74) is 1.94. The Labute approximate surface area is 177 Å². The van der Waals surface area contributed by atoms with Crippen LogP contribution in [0.5, 0.6) is 11.5 Å². The first-order chi connectivity index (χ1) is 14.5. The molecule has 2 rings (SSSR count). The van der Waals surface area contributed by atoms with E-state index in [0.29, 0.717) is 25.5 Å². The summed E-state index contributed by atoms with van der Waals surface area (Å²) >= 11 is 0. The van der Waals surface area contributed by atoms with Gasteiger partial charge in [-0.1, -0.05) is 24.3 Å². The Hall–Kier alpha value is -3.06. The van der Waals surface area contributed by atoms with Crippen LogP contribution in [0, 0.1) is 0 Å². The lowest BCUT2D eigenvalue weighted by Crippen LogP contribution is -2.30. The fraction of sp³-hybridized carbons (Fsp3) is 0.391. The second-order valence-corrected chi connectivity index (χ2v) is 6.60. The highest BCUT2D eigenvalue weighted by Gasteiger charge is 2.17. The number of aliphatic carboxylic acids is 1. The highest BCUT2D eigenvalue weighted by Crippen LogP contribution is 2.15. The molecule has 7 nitrogen and oxygen atoms in total. The van der Waals surface area contributed by atoms with E-state index in [1.807, 2.05) is 31.2 Å². The number of carboxylic acid groups (broad SMARTS) is 1. The van der Waals surface area contributed by atoms with Crippen LogP contribution in [-0.2, 0) is 27.2 Å². The van der Waals surface area contributed by atoms with Gasteiger partial charge in [-0.3, -0.25) is 4.79 Å². The number of rotatable bonds is 13. The standard InChI is InChI=1S/C23H29NO6/c1-3-28-19-9-5-17(6-10-19)13-14-24-22(25)16-30-20-11-7-18(8-12-20)15-21(23(26)27)29-4-2/h5-12,21H,3-4,13-16H2,1-2H3,(H,24,25)(H,26,27)/t21-/m0/s1. The van der Waals surface area contributed by atoms with Gasteiger partial charge in [0.1, 0.15) is 11.5 Å². The van der Waals surface area contributed by atoms with Gasteiger partial charge < -0.3 is 24.6 Å². The van der Waals surface area contributed by atoms with E-state index >= 15 is 0 Å². The Kier molecular flexibility index (Phi) is 9.67. The molecule has 2 aromatic rings. The smallest absolute Gasteiger partial charge is 0.333 e. The van der Waals surface area contributed by atoms with Crippen LogP contribution >= 0.6 is 0 Å². The van der Waals surface area contributed by atoms with Crippen molar-refractivity contribution < 1.29 is 28.9 Å². The number of carboxylic acids is 1. The Bertz CT molecular complexity index is 788. The van der Waals surface area contributed by atoms with Gasteiger partial charge >= 0.3 is 5.97 Å². The number of benzene rings is 2. The molecular weight excluding hydrogens is 386 g/mol. The number of nitrogens with one attached hydrogen (secondary N) is 1. The Morgan fingerprint density at radius 2 is 1.50 bits per heavy atom. The zero-order valence-electron chi connectivity index (χ0n) is 17.4. The van der Waals surface area contributed by atoms with Gasteiger partial charge in [0.05, 0.1) is 6.61 Å². The summed E-state index contributed by atoms with van der Waals surface area (Å²) in [5, 5.41) is 12.0. The molecule has 0 unspecified atom stereocenters. The van der Waals surface area contributed by atoms with Gasteiger partial charge in [0.2, 0.25) is 0 Å². The monoisotopic (exact) mass is 415 g/mol. The number of carbonyl (C=O) groups excluding carboxylic acids is 1. The van der Waals surface area contributed by atoms with Crippen molar-refractivity contribution in [3.8, 4) is 11.5 Å². The number of hydrogen-bond acceptors (Lipinski definition) is 5. The van der Waals surface area contributed by atoms with E-state index in [1.165, 1.54) is 0 Å². The second-order valence-electron chi connectivity index (χ2n) is 6.60. The highest BCUT2D eigenvalue weighted by atomic mass is 16.5. The van der Waals surface area contributed by atoms with Crippen molar-refractivity contribution in [2.75, 3.05) is 26.4 Å². The van der Waals surface area contributed by atoms with E-state index in [9.17, 15) is 9.59 Å². The first kappa shape index (κ1) is 23.2. The fourth-order valence-electron chi connectivity index (χ4n) is 2.82. The van der Waals surface area contributed by atoms with Crippen LogP contribution in [0.1, 0.15) is 25.0 Å². The van der Waals surface area contributed by atoms with E-state index in [-0.39, 0.29) is 18.9 Å². The SMILES string of the molecule is CCOc1ccc(CCNC(=O)COc2ccc(C[C@H](OCC)C(=O)O)cc2)cc1. The summed E-state index contributed by atoms with van der Waals surface area (Å²) in [4.78, 5) is 23.1. The van der Waals surface area contributed by atoms with Crippen molar-refractivity contribution in [3.05, 3.63) is 59.7 Å². The Morgan fingerprint density at radius 1 is 0.900 bits per heavy atom. The molecule has 2 aromatic carbocycles. The average Bonchev–Trinajstić information content (AvgIpc) is 2.74. The van der Waals surface area contributed by atoms with Crippen molar-refractivity contribution in [2.45, 2.75) is 32.8 Å². The minimum atomic E-state index is -0.987. The number of carbonyl (C=O) groups is 2. The molecule has 2 N–H and O–H groups in total. The molecule has 0 saturated heterocycles. The molecule has 0 aliphatic carbocycles. The van der Waals surface area contributed by atoms with E-state index in [2.05, 4.69) is 5.32 Å². The predicted molar refractivity (Wildman–Crippen MR) is 113 cm³/mol. The van der Waals surface area contributed by atoms with E-state index in [4.69, 9.17) is 19.3 Å². The lowest BCUT2D eigenvalue weighted by Gasteiger charge is -2.13. The maximum atomic E-state index is 12.0. The van der Waals surface area contributed by atoms with Crippen LogP contribution in [0.2, 0.25) is 0 Å². The molecule has 0 saturated carbocycles. The first-order valence-corrected chi connectivity index (χ1v) is 10.1. The third-order valence-corrected chi connectivity index (χ3v) is 4.33. The Morgan fingerprint density at radius 3 is 2.07 bits per heavy atom. The summed E-state index contributed by atoms with van der Waals surface area (Å²) < 4.78 is 16.1. The summed E-state index contributed by atoms with van der Waals surface area (Å²) in [6.45, 7) is 5.11. The molecule has 0 spiro atoms. The zero-order valence-corrected chi connectivity index (χ0v) is 17.4. The molecule has 1 atom stereocenters. The van der Waals surface area contributed by atoms with E-state index in [1.54, 1.807) is 31.2 Å². The van der Waals surface area contributed by atoms with Gasteiger partial charge in [-0.2, -0.15) is 0 Å².